The number of hydrogen-bond donors (Lipinski definition) is 1. The number of aliphatic hydroxyl groups excluding tert-OH is 1. The number of aliphatic hydroxyl groups is 1. The maximum absolute atomic E-state index is 9.46. The smallest absolute Gasteiger partial charge is 0.225 e. The van der Waals surface area contributed by atoms with Crippen molar-refractivity contribution in [2.24, 2.45) is 0 Å². The average molecular weight is 390 g/mol. The standard InChI is InChI=1S/C20H24ClN3OS/c1-5-15-16(14-8-7-12(3)13(4)11-14)17-18(24(6-2)9-10-25)22-20(21)23-19(17)26-15/h7-8,11,25H,5-6,9-10H2,1-4H3. The highest BCUT2D eigenvalue weighted by atomic mass is 35.5. The number of benzene rings is 1. The van der Waals surface area contributed by atoms with Crippen LogP contribution in [0.1, 0.15) is 29.9 Å². The van der Waals surface area contributed by atoms with Crippen molar-refractivity contribution in [3.8, 4) is 11.1 Å². The predicted octanol–water partition coefficient (Wildman–Crippen LogP) is 5.01. The van der Waals surface area contributed by atoms with Gasteiger partial charge in [0.15, 0.2) is 0 Å². The number of likely N-dealkylation sites (N-methyl/N-ethyl adjacent to an activating group) is 1. The highest BCUT2D eigenvalue weighted by Gasteiger charge is 2.22. The first-order valence-electron chi connectivity index (χ1n) is 8.92. The Hall–Kier alpha value is -1.69. The van der Waals surface area contributed by atoms with Gasteiger partial charge in [-0.05, 0) is 55.5 Å². The number of thiophene rings is 1. The van der Waals surface area contributed by atoms with Crippen LogP contribution < -0.4 is 4.90 Å². The van der Waals surface area contributed by atoms with Gasteiger partial charge in [0.2, 0.25) is 5.28 Å². The lowest BCUT2D eigenvalue weighted by atomic mass is 9.98. The number of aromatic nitrogens is 2. The molecule has 3 rings (SSSR count). The summed E-state index contributed by atoms with van der Waals surface area (Å²) in [5.41, 5.74) is 4.92. The van der Waals surface area contributed by atoms with Crippen LogP contribution in [-0.4, -0.2) is 34.8 Å². The van der Waals surface area contributed by atoms with Crippen molar-refractivity contribution in [3.05, 3.63) is 39.5 Å². The Labute approximate surface area is 163 Å². The number of halogens is 1. The molecular formula is C20H24ClN3OS. The minimum atomic E-state index is 0.0701. The van der Waals surface area contributed by atoms with E-state index in [4.69, 9.17) is 11.6 Å². The van der Waals surface area contributed by atoms with Gasteiger partial charge in [-0.15, -0.1) is 11.3 Å². The Morgan fingerprint density at radius 2 is 1.92 bits per heavy atom. The molecule has 1 aromatic carbocycles. The molecule has 138 valence electrons. The van der Waals surface area contributed by atoms with Gasteiger partial charge in [-0.1, -0.05) is 25.1 Å². The number of anilines is 1. The molecule has 4 nitrogen and oxygen atoms in total. The zero-order chi connectivity index (χ0) is 18.8. The molecular weight excluding hydrogens is 366 g/mol. The Balaban J connectivity index is 2.35. The number of aryl methyl sites for hydroxylation is 3. The second-order valence-electron chi connectivity index (χ2n) is 6.35. The molecule has 0 saturated carbocycles. The van der Waals surface area contributed by atoms with Crippen LogP contribution >= 0.6 is 22.9 Å². The van der Waals surface area contributed by atoms with E-state index in [9.17, 15) is 5.11 Å². The lowest BCUT2D eigenvalue weighted by Gasteiger charge is -2.22. The molecule has 0 saturated heterocycles. The Bertz CT molecular complexity index is 938. The minimum absolute atomic E-state index is 0.0701. The summed E-state index contributed by atoms with van der Waals surface area (Å²) in [5, 5.41) is 10.7. The fourth-order valence-electron chi connectivity index (χ4n) is 3.22. The van der Waals surface area contributed by atoms with Crippen molar-refractivity contribution in [3.63, 3.8) is 0 Å². The molecule has 0 aliphatic rings. The lowest BCUT2D eigenvalue weighted by Crippen LogP contribution is -2.27. The van der Waals surface area contributed by atoms with Crippen molar-refractivity contribution in [2.75, 3.05) is 24.6 Å². The van der Waals surface area contributed by atoms with Crippen molar-refractivity contribution in [2.45, 2.75) is 34.1 Å². The van der Waals surface area contributed by atoms with Gasteiger partial charge in [0, 0.05) is 23.5 Å². The third-order valence-electron chi connectivity index (χ3n) is 4.75. The average Bonchev–Trinajstić information content (AvgIpc) is 2.99. The quantitative estimate of drug-likeness (QED) is 0.602. The first kappa shape index (κ1) is 19.1. The zero-order valence-electron chi connectivity index (χ0n) is 15.6. The molecule has 2 heterocycles. The van der Waals surface area contributed by atoms with E-state index in [2.05, 4.69) is 60.8 Å². The normalized spacial score (nSPS) is 11.3. The SMILES string of the molecule is CCc1sc2nc(Cl)nc(N(CC)CCO)c2c1-c1ccc(C)c(C)c1. The van der Waals surface area contributed by atoms with Gasteiger partial charge in [-0.25, -0.2) is 4.98 Å². The van der Waals surface area contributed by atoms with Gasteiger partial charge in [-0.3, -0.25) is 0 Å². The minimum Gasteiger partial charge on any atom is -0.395 e. The summed E-state index contributed by atoms with van der Waals surface area (Å²) in [6.45, 7) is 9.81. The van der Waals surface area contributed by atoms with Gasteiger partial charge in [0.1, 0.15) is 10.6 Å². The van der Waals surface area contributed by atoms with Crippen LogP contribution in [0.25, 0.3) is 21.3 Å². The van der Waals surface area contributed by atoms with Gasteiger partial charge < -0.3 is 10.0 Å². The molecule has 0 atom stereocenters. The first-order chi connectivity index (χ1) is 12.5. The van der Waals surface area contributed by atoms with Crippen LogP contribution in [0.15, 0.2) is 18.2 Å². The number of fused-ring (bicyclic) bond motifs is 1. The molecule has 0 amide bonds. The highest BCUT2D eigenvalue weighted by Crippen LogP contribution is 2.43. The van der Waals surface area contributed by atoms with E-state index in [-0.39, 0.29) is 11.9 Å². The summed E-state index contributed by atoms with van der Waals surface area (Å²) in [5.74, 6) is 0.806. The summed E-state index contributed by atoms with van der Waals surface area (Å²) >= 11 is 7.90. The third kappa shape index (κ3) is 3.43. The lowest BCUT2D eigenvalue weighted by molar-refractivity contribution is 0.302. The molecule has 1 N–H and O–H groups in total. The summed E-state index contributed by atoms with van der Waals surface area (Å²) < 4.78 is 0. The molecule has 0 radical (unpaired) electrons. The molecule has 3 aromatic rings. The monoisotopic (exact) mass is 389 g/mol. The van der Waals surface area contributed by atoms with Gasteiger partial charge in [0.25, 0.3) is 0 Å². The third-order valence-corrected chi connectivity index (χ3v) is 6.14. The van der Waals surface area contributed by atoms with E-state index < -0.39 is 0 Å². The van der Waals surface area contributed by atoms with Crippen molar-refractivity contribution < 1.29 is 5.11 Å². The summed E-state index contributed by atoms with van der Waals surface area (Å²) in [6.07, 6.45) is 0.923. The van der Waals surface area contributed by atoms with E-state index in [1.807, 2.05) is 0 Å². The van der Waals surface area contributed by atoms with Crippen LogP contribution in [0, 0.1) is 13.8 Å². The largest absolute Gasteiger partial charge is 0.395 e. The van der Waals surface area contributed by atoms with Gasteiger partial charge in [0.05, 0.1) is 12.0 Å². The molecule has 0 aliphatic heterocycles. The van der Waals surface area contributed by atoms with Crippen LogP contribution in [0.3, 0.4) is 0 Å². The zero-order valence-corrected chi connectivity index (χ0v) is 17.2. The molecule has 2 aromatic heterocycles. The highest BCUT2D eigenvalue weighted by molar-refractivity contribution is 7.19. The number of nitrogens with zero attached hydrogens (tertiary/aromatic N) is 3. The van der Waals surface area contributed by atoms with E-state index in [1.54, 1.807) is 11.3 Å². The molecule has 0 fully saturated rings. The van der Waals surface area contributed by atoms with Gasteiger partial charge >= 0.3 is 0 Å². The first-order valence-corrected chi connectivity index (χ1v) is 10.1. The van der Waals surface area contributed by atoms with Crippen molar-refractivity contribution >= 4 is 39.0 Å². The van der Waals surface area contributed by atoms with E-state index >= 15 is 0 Å². The van der Waals surface area contributed by atoms with Crippen LogP contribution in [0.2, 0.25) is 5.28 Å². The molecule has 6 heteroatoms. The number of rotatable bonds is 6. The Morgan fingerprint density at radius 1 is 1.15 bits per heavy atom. The second kappa shape index (κ2) is 7.91. The predicted molar refractivity (Wildman–Crippen MR) is 112 cm³/mol. The fourth-order valence-corrected chi connectivity index (χ4v) is 4.56. The van der Waals surface area contributed by atoms with Crippen LogP contribution in [0.4, 0.5) is 5.82 Å². The number of hydrogen-bond acceptors (Lipinski definition) is 5. The van der Waals surface area contributed by atoms with E-state index in [0.717, 1.165) is 29.0 Å². The summed E-state index contributed by atoms with van der Waals surface area (Å²) in [4.78, 5) is 13.3. The van der Waals surface area contributed by atoms with Crippen molar-refractivity contribution in [1.29, 1.82) is 0 Å². The summed E-state index contributed by atoms with van der Waals surface area (Å²) in [7, 11) is 0. The summed E-state index contributed by atoms with van der Waals surface area (Å²) in [6, 6.07) is 6.57. The molecule has 0 spiro atoms. The fraction of sp³-hybridized carbons (Fsp3) is 0.400. The Kier molecular flexibility index (Phi) is 5.80. The van der Waals surface area contributed by atoms with Crippen LogP contribution in [0.5, 0.6) is 0 Å². The van der Waals surface area contributed by atoms with Crippen LogP contribution in [-0.2, 0) is 6.42 Å². The van der Waals surface area contributed by atoms with Gasteiger partial charge in [-0.2, -0.15) is 4.98 Å². The molecule has 0 bridgehead atoms. The van der Waals surface area contributed by atoms with E-state index in [0.29, 0.717) is 6.54 Å². The topological polar surface area (TPSA) is 49.2 Å². The maximum atomic E-state index is 9.46. The molecule has 0 unspecified atom stereocenters. The maximum Gasteiger partial charge on any atom is 0.225 e. The second-order valence-corrected chi connectivity index (χ2v) is 7.77. The van der Waals surface area contributed by atoms with E-state index in [1.165, 1.54) is 27.1 Å². The molecule has 0 aliphatic carbocycles. The van der Waals surface area contributed by atoms with Crippen molar-refractivity contribution in [1.82, 2.24) is 9.97 Å². The molecule has 26 heavy (non-hydrogen) atoms. The Morgan fingerprint density at radius 3 is 2.54 bits per heavy atom.